The zero-order valence-corrected chi connectivity index (χ0v) is 16.7. The number of carbonyl (C=O) groups excluding carboxylic acids is 1. The number of benzene rings is 2. The normalized spacial score (nSPS) is 17.9. The Morgan fingerprint density at radius 2 is 1.81 bits per heavy atom. The van der Waals surface area contributed by atoms with Crippen LogP contribution in [0.4, 0.5) is 5.69 Å². The molecule has 2 aromatic rings. The van der Waals surface area contributed by atoms with Gasteiger partial charge in [0.15, 0.2) is 0 Å². The number of hydrogen-bond acceptors (Lipinski definition) is 2. The van der Waals surface area contributed by atoms with Gasteiger partial charge in [0.2, 0.25) is 5.91 Å². The van der Waals surface area contributed by atoms with Gasteiger partial charge in [0.05, 0.1) is 5.92 Å². The molecule has 0 saturated carbocycles. The summed E-state index contributed by atoms with van der Waals surface area (Å²) in [5.41, 5.74) is 4.11. The zero-order chi connectivity index (χ0) is 18.7. The number of nitrogens with zero attached hydrogens (tertiary/aromatic N) is 1. The molecule has 5 heteroatoms. The first-order valence-corrected chi connectivity index (χ1v) is 9.72. The molecule has 0 bridgehead atoms. The van der Waals surface area contributed by atoms with Gasteiger partial charge in [-0.2, -0.15) is 0 Å². The summed E-state index contributed by atoms with van der Waals surface area (Å²) < 4.78 is 0. The zero-order valence-electron chi connectivity index (χ0n) is 15.2. The molecule has 1 heterocycles. The fourth-order valence-corrected chi connectivity index (χ4v) is 4.13. The van der Waals surface area contributed by atoms with Crippen molar-refractivity contribution in [1.29, 1.82) is 0 Å². The fourth-order valence-electron chi connectivity index (χ4n) is 3.61. The van der Waals surface area contributed by atoms with Gasteiger partial charge in [-0.05, 0) is 68.6 Å². The first kappa shape index (κ1) is 19.2. The summed E-state index contributed by atoms with van der Waals surface area (Å²) in [4.78, 5) is 15.0. The van der Waals surface area contributed by atoms with Crippen LogP contribution in [0.5, 0.6) is 0 Å². The molecule has 0 spiro atoms. The minimum atomic E-state index is -0.0224. The molecule has 1 aliphatic rings. The molecule has 1 N–H and O–H groups in total. The SMILES string of the molecule is Cc1cc(C)cc(NC(=O)C2CCCN(Cc3c(Cl)cccc3Cl)C2)c1. The maximum Gasteiger partial charge on any atom is 0.228 e. The molecule has 1 saturated heterocycles. The van der Waals surface area contributed by atoms with Crippen LogP contribution in [0.25, 0.3) is 0 Å². The van der Waals surface area contributed by atoms with Crippen LogP contribution in [0, 0.1) is 19.8 Å². The topological polar surface area (TPSA) is 32.3 Å². The number of likely N-dealkylation sites (tertiary alicyclic amines) is 1. The van der Waals surface area contributed by atoms with Crippen LogP contribution in [0.3, 0.4) is 0 Å². The predicted octanol–water partition coefficient (Wildman–Crippen LogP) is 5.46. The van der Waals surface area contributed by atoms with Crippen molar-refractivity contribution >= 4 is 34.8 Å². The highest BCUT2D eigenvalue weighted by atomic mass is 35.5. The number of aryl methyl sites for hydroxylation is 2. The minimum Gasteiger partial charge on any atom is -0.326 e. The van der Waals surface area contributed by atoms with Crippen LogP contribution >= 0.6 is 23.2 Å². The van der Waals surface area contributed by atoms with E-state index >= 15 is 0 Å². The lowest BCUT2D eigenvalue weighted by molar-refractivity contribution is -0.121. The smallest absolute Gasteiger partial charge is 0.228 e. The van der Waals surface area contributed by atoms with Gasteiger partial charge < -0.3 is 5.32 Å². The first-order valence-electron chi connectivity index (χ1n) is 8.97. The second kappa shape index (κ2) is 8.43. The molecule has 1 aliphatic heterocycles. The van der Waals surface area contributed by atoms with Gasteiger partial charge in [0, 0.05) is 34.4 Å². The molecule has 2 aromatic carbocycles. The molecule has 3 rings (SSSR count). The molecule has 1 fully saturated rings. The Morgan fingerprint density at radius 1 is 1.15 bits per heavy atom. The number of halogens is 2. The van der Waals surface area contributed by atoms with Crippen molar-refractivity contribution in [3.05, 3.63) is 63.1 Å². The van der Waals surface area contributed by atoms with Gasteiger partial charge in [-0.1, -0.05) is 35.3 Å². The Kier molecular flexibility index (Phi) is 6.23. The molecule has 138 valence electrons. The molecule has 1 amide bonds. The number of carbonyl (C=O) groups is 1. The van der Waals surface area contributed by atoms with E-state index < -0.39 is 0 Å². The standard InChI is InChI=1S/C21H24Cl2N2O/c1-14-9-15(2)11-17(10-14)24-21(26)16-5-4-8-25(12-16)13-18-19(22)6-3-7-20(18)23/h3,6-7,9-11,16H,4-5,8,12-13H2,1-2H3,(H,24,26). The van der Waals surface area contributed by atoms with Gasteiger partial charge in [-0.25, -0.2) is 0 Å². The van der Waals surface area contributed by atoms with E-state index in [0.29, 0.717) is 16.6 Å². The second-order valence-corrected chi connectivity index (χ2v) is 7.95. The quantitative estimate of drug-likeness (QED) is 0.751. The van der Waals surface area contributed by atoms with Gasteiger partial charge in [-0.3, -0.25) is 9.69 Å². The van der Waals surface area contributed by atoms with E-state index in [-0.39, 0.29) is 11.8 Å². The molecule has 26 heavy (non-hydrogen) atoms. The lowest BCUT2D eigenvalue weighted by atomic mass is 9.96. The summed E-state index contributed by atoms with van der Waals surface area (Å²) in [6, 6.07) is 11.7. The largest absolute Gasteiger partial charge is 0.326 e. The summed E-state index contributed by atoms with van der Waals surface area (Å²) in [5.74, 6) is 0.0655. The molecule has 1 unspecified atom stereocenters. The van der Waals surface area contributed by atoms with Crippen LogP contribution in [0.1, 0.15) is 29.5 Å². The van der Waals surface area contributed by atoms with Gasteiger partial charge >= 0.3 is 0 Å². The number of rotatable bonds is 4. The van der Waals surface area contributed by atoms with Crippen LogP contribution < -0.4 is 5.32 Å². The van der Waals surface area contributed by atoms with E-state index in [1.54, 1.807) is 0 Å². The second-order valence-electron chi connectivity index (χ2n) is 7.14. The maximum absolute atomic E-state index is 12.7. The maximum atomic E-state index is 12.7. The molecule has 0 aromatic heterocycles. The van der Waals surface area contributed by atoms with Gasteiger partial charge in [0.25, 0.3) is 0 Å². The van der Waals surface area contributed by atoms with E-state index in [2.05, 4.69) is 16.3 Å². The van der Waals surface area contributed by atoms with Crippen LogP contribution in [0.2, 0.25) is 10.0 Å². The lowest BCUT2D eigenvalue weighted by Gasteiger charge is -2.32. The average molecular weight is 391 g/mol. The Bertz CT molecular complexity index is 766. The average Bonchev–Trinajstić information content (AvgIpc) is 2.57. The molecule has 0 radical (unpaired) electrons. The van der Waals surface area contributed by atoms with Crippen molar-refractivity contribution in [2.75, 3.05) is 18.4 Å². The number of nitrogens with one attached hydrogen (secondary N) is 1. The van der Waals surface area contributed by atoms with E-state index in [9.17, 15) is 4.79 Å². The lowest BCUT2D eigenvalue weighted by Crippen LogP contribution is -2.40. The monoisotopic (exact) mass is 390 g/mol. The Morgan fingerprint density at radius 3 is 2.46 bits per heavy atom. The predicted molar refractivity (Wildman–Crippen MR) is 109 cm³/mol. The number of hydrogen-bond donors (Lipinski definition) is 1. The van der Waals surface area contributed by atoms with Crippen LogP contribution in [-0.2, 0) is 11.3 Å². The Labute approximate surface area is 165 Å². The van der Waals surface area contributed by atoms with Crippen LogP contribution in [0.15, 0.2) is 36.4 Å². The summed E-state index contributed by atoms with van der Waals surface area (Å²) in [5, 5.41) is 4.44. The molecule has 3 nitrogen and oxygen atoms in total. The van der Waals surface area contributed by atoms with E-state index in [1.165, 1.54) is 0 Å². The number of amides is 1. The number of anilines is 1. The summed E-state index contributed by atoms with van der Waals surface area (Å²) in [6.45, 7) is 6.43. The van der Waals surface area contributed by atoms with Crippen molar-refractivity contribution in [2.45, 2.75) is 33.2 Å². The number of piperidine rings is 1. The highest BCUT2D eigenvalue weighted by Crippen LogP contribution is 2.28. The first-order chi connectivity index (χ1) is 12.4. The Hall–Kier alpha value is -1.55. The van der Waals surface area contributed by atoms with Crippen molar-refractivity contribution < 1.29 is 4.79 Å². The van der Waals surface area contributed by atoms with Crippen molar-refractivity contribution in [2.24, 2.45) is 5.92 Å². The molecule has 1 atom stereocenters. The summed E-state index contributed by atoms with van der Waals surface area (Å²) >= 11 is 12.6. The minimum absolute atomic E-state index is 0.0224. The van der Waals surface area contributed by atoms with Crippen molar-refractivity contribution in [3.63, 3.8) is 0 Å². The third kappa shape index (κ3) is 4.79. The molecular formula is C21H24Cl2N2O. The fraction of sp³-hybridized carbons (Fsp3) is 0.381. The Balaban J connectivity index is 1.65. The summed E-state index contributed by atoms with van der Waals surface area (Å²) in [6.07, 6.45) is 1.90. The van der Waals surface area contributed by atoms with Crippen LogP contribution in [-0.4, -0.2) is 23.9 Å². The third-order valence-electron chi connectivity index (χ3n) is 4.81. The van der Waals surface area contributed by atoms with Crippen molar-refractivity contribution in [3.8, 4) is 0 Å². The van der Waals surface area contributed by atoms with E-state index in [1.807, 2.05) is 44.2 Å². The molecule has 0 aliphatic carbocycles. The molecular weight excluding hydrogens is 367 g/mol. The summed E-state index contributed by atoms with van der Waals surface area (Å²) in [7, 11) is 0. The third-order valence-corrected chi connectivity index (χ3v) is 5.52. The highest BCUT2D eigenvalue weighted by molar-refractivity contribution is 6.35. The van der Waals surface area contributed by atoms with Crippen molar-refractivity contribution in [1.82, 2.24) is 4.90 Å². The van der Waals surface area contributed by atoms with E-state index in [0.717, 1.165) is 48.3 Å². The van der Waals surface area contributed by atoms with Gasteiger partial charge in [0.1, 0.15) is 0 Å². The van der Waals surface area contributed by atoms with Gasteiger partial charge in [-0.15, -0.1) is 0 Å². The van der Waals surface area contributed by atoms with E-state index in [4.69, 9.17) is 23.2 Å². The highest BCUT2D eigenvalue weighted by Gasteiger charge is 2.26.